The highest BCUT2D eigenvalue weighted by atomic mass is 16.2. The van der Waals surface area contributed by atoms with Crippen molar-refractivity contribution >= 4 is 11.8 Å². The number of nitriles is 1. The second-order valence-corrected chi connectivity index (χ2v) is 3.94. The molecule has 18 heavy (non-hydrogen) atoms. The van der Waals surface area contributed by atoms with Gasteiger partial charge in [0.2, 0.25) is 5.91 Å². The molecule has 1 unspecified atom stereocenters. The van der Waals surface area contributed by atoms with Crippen LogP contribution in [-0.4, -0.2) is 35.8 Å². The Hall–Kier alpha value is -1.87. The Morgan fingerprint density at radius 1 is 1.56 bits per heavy atom. The van der Waals surface area contributed by atoms with Crippen LogP contribution in [0, 0.1) is 11.3 Å². The molecule has 0 aliphatic heterocycles. The summed E-state index contributed by atoms with van der Waals surface area (Å²) in [6, 6.07) is 1.77. The number of hydrogen-bond acceptors (Lipinski definition) is 4. The van der Waals surface area contributed by atoms with Gasteiger partial charge in [-0.25, -0.2) is 0 Å². The summed E-state index contributed by atoms with van der Waals surface area (Å²) in [5.74, 6) is -0.736. The fraction of sp³-hybridized carbons (Fsp3) is 0.583. The Morgan fingerprint density at radius 3 is 2.56 bits per heavy atom. The lowest BCUT2D eigenvalue weighted by atomic mass is 10.2. The summed E-state index contributed by atoms with van der Waals surface area (Å²) in [6.45, 7) is 5.67. The molecule has 6 nitrogen and oxygen atoms in total. The predicted octanol–water partition coefficient (Wildman–Crippen LogP) is 0.116. The zero-order chi connectivity index (χ0) is 14.1. The summed E-state index contributed by atoms with van der Waals surface area (Å²) < 4.78 is 0. The van der Waals surface area contributed by atoms with E-state index in [0.29, 0.717) is 0 Å². The largest absolute Gasteiger partial charge is 0.349 e. The minimum Gasteiger partial charge on any atom is -0.349 e. The third-order valence-electron chi connectivity index (χ3n) is 2.41. The van der Waals surface area contributed by atoms with Gasteiger partial charge in [-0.15, -0.1) is 0 Å². The minimum absolute atomic E-state index is 0.0189. The third kappa shape index (κ3) is 5.46. The van der Waals surface area contributed by atoms with E-state index in [1.54, 1.807) is 6.07 Å². The number of hydrogen-bond donors (Lipinski definition) is 2. The van der Waals surface area contributed by atoms with Crippen LogP contribution in [0.25, 0.3) is 0 Å². The molecule has 0 bridgehead atoms. The zero-order valence-corrected chi connectivity index (χ0v) is 11.1. The first kappa shape index (κ1) is 16.1. The number of carbonyl (C=O) groups is 2. The topological polar surface area (TPSA) is 99.2 Å². The second kappa shape index (κ2) is 8.25. The van der Waals surface area contributed by atoms with Crippen molar-refractivity contribution in [2.75, 3.05) is 13.1 Å². The molecule has 1 atom stereocenters. The molecule has 0 aromatic heterocycles. The summed E-state index contributed by atoms with van der Waals surface area (Å²) in [7, 11) is 0. The average Bonchev–Trinajstić information content (AvgIpc) is 2.33. The fourth-order valence-corrected chi connectivity index (χ4v) is 1.15. The maximum atomic E-state index is 11.7. The van der Waals surface area contributed by atoms with Crippen LogP contribution in [0.5, 0.6) is 0 Å². The summed E-state index contributed by atoms with van der Waals surface area (Å²) in [4.78, 5) is 24.3. The molecule has 0 heterocycles. The zero-order valence-electron chi connectivity index (χ0n) is 11.1. The standard InChI is InChI=1S/C12H20N4O2/c1-4-9(2)15-12(18)11(7-14)8-16(6-5-13)10(3)17/h8-9H,4-6,13H2,1-3H3,(H,15,18)/b11-8-. The molecule has 0 aromatic carbocycles. The summed E-state index contributed by atoms with van der Waals surface area (Å²) in [6.07, 6.45) is 2.01. The van der Waals surface area contributed by atoms with E-state index >= 15 is 0 Å². The van der Waals surface area contributed by atoms with Gasteiger partial charge >= 0.3 is 0 Å². The van der Waals surface area contributed by atoms with E-state index in [0.717, 1.165) is 6.42 Å². The third-order valence-corrected chi connectivity index (χ3v) is 2.41. The first-order valence-electron chi connectivity index (χ1n) is 5.86. The number of nitrogens with zero attached hydrogens (tertiary/aromatic N) is 2. The molecule has 0 saturated carbocycles. The van der Waals surface area contributed by atoms with Gasteiger partial charge in [-0.1, -0.05) is 6.92 Å². The highest BCUT2D eigenvalue weighted by Gasteiger charge is 2.14. The van der Waals surface area contributed by atoms with Crippen molar-refractivity contribution in [1.29, 1.82) is 5.26 Å². The van der Waals surface area contributed by atoms with Crippen LogP contribution in [-0.2, 0) is 9.59 Å². The van der Waals surface area contributed by atoms with Crippen molar-refractivity contribution in [3.63, 3.8) is 0 Å². The van der Waals surface area contributed by atoms with E-state index in [1.165, 1.54) is 18.0 Å². The van der Waals surface area contributed by atoms with Gasteiger partial charge in [-0.2, -0.15) is 5.26 Å². The Bertz CT molecular complexity index is 371. The molecule has 2 amide bonds. The lowest BCUT2D eigenvalue weighted by Gasteiger charge is -2.16. The number of nitrogens with two attached hydrogens (primary N) is 1. The van der Waals surface area contributed by atoms with Gasteiger partial charge < -0.3 is 16.0 Å². The van der Waals surface area contributed by atoms with Gasteiger partial charge in [-0.05, 0) is 13.3 Å². The maximum Gasteiger partial charge on any atom is 0.263 e. The van der Waals surface area contributed by atoms with E-state index in [9.17, 15) is 9.59 Å². The molecule has 100 valence electrons. The van der Waals surface area contributed by atoms with Crippen molar-refractivity contribution < 1.29 is 9.59 Å². The van der Waals surface area contributed by atoms with E-state index in [-0.39, 0.29) is 30.6 Å². The van der Waals surface area contributed by atoms with Crippen LogP contribution in [0.2, 0.25) is 0 Å². The van der Waals surface area contributed by atoms with Crippen molar-refractivity contribution in [3.05, 3.63) is 11.8 Å². The molecule has 0 saturated heterocycles. The first-order chi connectivity index (χ1) is 8.46. The molecule has 0 aromatic rings. The Labute approximate surface area is 107 Å². The van der Waals surface area contributed by atoms with Crippen LogP contribution in [0.1, 0.15) is 27.2 Å². The van der Waals surface area contributed by atoms with Crippen molar-refractivity contribution in [2.24, 2.45) is 5.73 Å². The van der Waals surface area contributed by atoms with E-state index in [2.05, 4.69) is 5.32 Å². The van der Waals surface area contributed by atoms with Gasteiger partial charge in [0, 0.05) is 32.3 Å². The van der Waals surface area contributed by atoms with Gasteiger partial charge in [0.05, 0.1) is 0 Å². The first-order valence-corrected chi connectivity index (χ1v) is 5.86. The predicted molar refractivity (Wildman–Crippen MR) is 68.0 cm³/mol. The van der Waals surface area contributed by atoms with Crippen LogP contribution < -0.4 is 11.1 Å². The summed E-state index contributed by atoms with van der Waals surface area (Å²) >= 11 is 0. The van der Waals surface area contributed by atoms with E-state index in [4.69, 9.17) is 11.0 Å². The molecular formula is C12H20N4O2. The highest BCUT2D eigenvalue weighted by Crippen LogP contribution is 2.00. The second-order valence-electron chi connectivity index (χ2n) is 3.94. The lowest BCUT2D eigenvalue weighted by molar-refractivity contribution is -0.126. The number of carbonyl (C=O) groups excluding carboxylic acids is 2. The molecule has 6 heteroatoms. The van der Waals surface area contributed by atoms with Crippen LogP contribution in [0.3, 0.4) is 0 Å². The number of nitrogens with one attached hydrogen (secondary N) is 1. The highest BCUT2D eigenvalue weighted by molar-refractivity contribution is 5.97. The molecule has 0 radical (unpaired) electrons. The van der Waals surface area contributed by atoms with Gasteiger partial charge in [0.15, 0.2) is 0 Å². The quantitative estimate of drug-likeness (QED) is 0.518. The molecular weight excluding hydrogens is 232 g/mol. The Morgan fingerprint density at radius 2 is 2.17 bits per heavy atom. The van der Waals surface area contributed by atoms with Crippen molar-refractivity contribution in [3.8, 4) is 6.07 Å². The Kier molecular flexibility index (Phi) is 7.40. The number of amides is 2. The smallest absolute Gasteiger partial charge is 0.263 e. The van der Waals surface area contributed by atoms with E-state index in [1.807, 2.05) is 13.8 Å². The van der Waals surface area contributed by atoms with Gasteiger partial charge in [-0.3, -0.25) is 9.59 Å². The molecule has 0 spiro atoms. The number of rotatable bonds is 6. The minimum atomic E-state index is -0.477. The molecule has 0 rings (SSSR count). The molecule has 0 fully saturated rings. The van der Waals surface area contributed by atoms with Crippen molar-refractivity contribution in [1.82, 2.24) is 10.2 Å². The van der Waals surface area contributed by atoms with Crippen LogP contribution in [0.15, 0.2) is 11.8 Å². The maximum absolute atomic E-state index is 11.7. The normalized spacial score (nSPS) is 12.5. The molecule has 0 aliphatic carbocycles. The average molecular weight is 252 g/mol. The van der Waals surface area contributed by atoms with Gasteiger partial charge in [0.25, 0.3) is 5.91 Å². The fourth-order valence-electron chi connectivity index (χ4n) is 1.15. The lowest BCUT2D eigenvalue weighted by Crippen LogP contribution is -2.35. The molecule has 0 aliphatic rings. The summed E-state index contributed by atoms with van der Waals surface area (Å²) in [5.41, 5.74) is 5.26. The SMILES string of the molecule is CCC(C)NC(=O)/C(C#N)=C\N(CCN)C(C)=O. The van der Waals surface area contributed by atoms with Crippen LogP contribution >= 0.6 is 0 Å². The molecule has 3 N–H and O–H groups in total. The summed E-state index contributed by atoms with van der Waals surface area (Å²) in [5, 5.41) is 11.6. The van der Waals surface area contributed by atoms with E-state index < -0.39 is 5.91 Å². The van der Waals surface area contributed by atoms with Crippen LogP contribution in [0.4, 0.5) is 0 Å². The monoisotopic (exact) mass is 252 g/mol. The Balaban J connectivity index is 4.89. The van der Waals surface area contributed by atoms with Gasteiger partial charge in [0.1, 0.15) is 11.6 Å². The van der Waals surface area contributed by atoms with Crippen molar-refractivity contribution in [2.45, 2.75) is 33.2 Å².